The fourth-order valence-electron chi connectivity index (χ4n) is 3.76. The molecule has 0 atom stereocenters. The Morgan fingerprint density at radius 3 is 2.63 bits per heavy atom. The Bertz CT molecular complexity index is 924. The molecule has 6 heteroatoms. The number of hydrogen-bond acceptors (Lipinski definition) is 3. The highest BCUT2D eigenvalue weighted by Crippen LogP contribution is 2.37. The lowest BCUT2D eigenvalue weighted by Crippen LogP contribution is -2.30. The highest BCUT2D eigenvalue weighted by atomic mass is 32.2. The number of carbonyl (C=O) groups is 1. The first-order chi connectivity index (χ1) is 14.2. The first kappa shape index (κ1) is 22.6. The zero-order valence-corrected chi connectivity index (χ0v) is 19.0. The second-order valence-electron chi connectivity index (χ2n) is 8.91. The van der Waals surface area contributed by atoms with E-state index in [9.17, 15) is 13.6 Å². The van der Waals surface area contributed by atoms with Gasteiger partial charge in [-0.2, -0.15) is 0 Å². The largest absolute Gasteiger partial charge is 0.367 e. The van der Waals surface area contributed by atoms with Crippen molar-refractivity contribution in [2.75, 3.05) is 22.5 Å². The van der Waals surface area contributed by atoms with Crippen molar-refractivity contribution in [1.29, 1.82) is 0 Å². The number of halogens is 2. The average molecular weight is 433 g/mol. The Labute approximate surface area is 182 Å². The van der Waals surface area contributed by atoms with Crippen LogP contribution in [0.15, 0.2) is 35.2 Å². The molecule has 1 aliphatic heterocycles. The van der Waals surface area contributed by atoms with Crippen molar-refractivity contribution in [3.05, 3.63) is 52.8 Å². The van der Waals surface area contributed by atoms with E-state index in [-0.39, 0.29) is 17.1 Å². The molecule has 3 nitrogen and oxygen atoms in total. The highest BCUT2D eigenvalue weighted by molar-refractivity contribution is 7.99. The minimum Gasteiger partial charge on any atom is -0.367 e. The van der Waals surface area contributed by atoms with Gasteiger partial charge < -0.3 is 10.2 Å². The van der Waals surface area contributed by atoms with Gasteiger partial charge in [0.2, 0.25) is 5.91 Å². The van der Waals surface area contributed by atoms with Gasteiger partial charge in [-0.05, 0) is 53.0 Å². The van der Waals surface area contributed by atoms with Gasteiger partial charge in [-0.15, -0.1) is 11.8 Å². The number of alkyl halides is 1. The fourth-order valence-corrected chi connectivity index (χ4v) is 4.61. The number of anilines is 2. The summed E-state index contributed by atoms with van der Waals surface area (Å²) in [6.07, 6.45) is 1.12. The van der Waals surface area contributed by atoms with E-state index in [1.807, 2.05) is 45.9 Å². The third kappa shape index (κ3) is 5.54. The number of amides is 1. The van der Waals surface area contributed by atoms with Crippen molar-refractivity contribution in [3.8, 4) is 0 Å². The molecule has 2 aromatic rings. The van der Waals surface area contributed by atoms with E-state index in [1.165, 1.54) is 6.07 Å². The molecule has 1 N–H and O–H groups in total. The standard InChI is InChI=1S/C24H30F2N2OS/c1-5-30-21-12-20(28-9-8-16-10-19(26)7-6-17(16)15-28)11-18(14-25)23(21)27-22(29)13-24(2,3)4/h6-7,10-12H,5,8-9,13-15H2,1-4H3,(H,27,29). The average Bonchev–Trinajstić information content (AvgIpc) is 2.67. The second kappa shape index (κ2) is 9.38. The zero-order valence-electron chi connectivity index (χ0n) is 18.1. The Morgan fingerprint density at radius 2 is 1.97 bits per heavy atom. The highest BCUT2D eigenvalue weighted by Gasteiger charge is 2.22. The smallest absolute Gasteiger partial charge is 0.224 e. The van der Waals surface area contributed by atoms with Crippen LogP contribution in [0, 0.1) is 11.2 Å². The van der Waals surface area contributed by atoms with E-state index in [1.54, 1.807) is 17.8 Å². The maximum absolute atomic E-state index is 14.0. The maximum atomic E-state index is 14.0. The summed E-state index contributed by atoms with van der Waals surface area (Å²) >= 11 is 1.60. The number of nitrogens with one attached hydrogen (secondary N) is 1. The summed E-state index contributed by atoms with van der Waals surface area (Å²) in [6, 6.07) is 8.79. The quantitative estimate of drug-likeness (QED) is 0.540. The Balaban J connectivity index is 1.91. The monoisotopic (exact) mass is 432 g/mol. The molecule has 2 aromatic carbocycles. The summed E-state index contributed by atoms with van der Waals surface area (Å²) in [5, 5.41) is 2.96. The van der Waals surface area contributed by atoms with Crippen molar-refractivity contribution in [3.63, 3.8) is 0 Å². The summed E-state index contributed by atoms with van der Waals surface area (Å²) in [7, 11) is 0. The van der Waals surface area contributed by atoms with Crippen LogP contribution in [0.2, 0.25) is 0 Å². The normalized spacial score (nSPS) is 13.9. The van der Waals surface area contributed by atoms with Gasteiger partial charge in [0.1, 0.15) is 12.5 Å². The number of nitrogens with zero attached hydrogens (tertiary/aromatic N) is 1. The Morgan fingerprint density at radius 1 is 1.20 bits per heavy atom. The van der Waals surface area contributed by atoms with Crippen LogP contribution in [0.4, 0.5) is 20.2 Å². The minimum absolute atomic E-state index is 0.100. The molecule has 0 spiro atoms. The molecule has 1 heterocycles. The van der Waals surface area contributed by atoms with Crippen LogP contribution in [0.3, 0.4) is 0 Å². The molecule has 0 aromatic heterocycles. The molecule has 162 valence electrons. The van der Waals surface area contributed by atoms with Crippen LogP contribution in [-0.2, 0) is 24.4 Å². The van der Waals surface area contributed by atoms with Gasteiger partial charge in [0.25, 0.3) is 0 Å². The van der Waals surface area contributed by atoms with Crippen LogP contribution in [0.5, 0.6) is 0 Å². The van der Waals surface area contributed by atoms with Gasteiger partial charge in [-0.3, -0.25) is 4.79 Å². The second-order valence-corrected chi connectivity index (χ2v) is 10.2. The molecule has 0 bridgehead atoms. The van der Waals surface area contributed by atoms with Crippen molar-refractivity contribution >= 4 is 29.0 Å². The Kier molecular flexibility index (Phi) is 7.06. The molecule has 1 aliphatic rings. The maximum Gasteiger partial charge on any atom is 0.224 e. The lowest BCUT2D eigenvalue weighted by molar-refractivity contribution is -0.117. The molecule has 0 saturated carbocycles. The third-order valence-corrected chi connectivity index (χ3v) is 6.04. The van der Waals surface area contributed by atoms with Crippen LogP contribution < -0.4 is 10.2 Å². The van der Waals surface area contributed by atoms with Crippen LogP contribution in [-0.4, -0.2) is 18.2 Å². The van der Waals surface area contributed by atoms with E-state index in [0.29, 0.717) is 24.2 Å². The van der Waals surface area contributed by atoms with Gasteiger partial charge >= 0.3 is 0 Å². The van der Waals surface area contributed by atoms with E-state index >= 15 is 0 Å². The molecule has 3 rings (SSSR count). The number of carbonyl (C=O) groups excluding carboxylic acids is 1. The van der Waals surface area contributed by atoms with Gasteiger partial charge in [-0.1, -0.05) is 33.8 Å². The predicted molar refractivity (Wildman–Crippen MR) is 122 cm³/mol. The molecule has 0 radical (unpaired) electrons. The van der Waals surface area contributed by atoms with Gasteiger partial charge in [0.05, 0.1) is 5.69 Å². The SMILES string of the molecule is CCSc1cc(N2CCc3cc(F)ccc3C2)cc(CF)c1NC(=O)CC(C)(C)C. The van der Waals surface area contributed by atoms with Gasteiger partial charge in [0, 0.05) is 35.7 Å². The molecule has 0 unspecified atom stereocenters. The van der Waals surface area contributed by atoms with E-state index in [2.05, 4.69) is 10.2 Å². The number of thioether (sulfide) groups is 1. The van der Waals surface area contributed by atoms with Gasteiger partial charge in [-0.25, -0.2) is 8.78 Å². The lowest BCUT2D eigenvalue weighted by Gasteiger charge is -2.32. The van der Waals surface area contributed by atoms with Crippen LogP contribution in [0.1, 0.15) is 50.8 Å². The Hall–Kier alpha value is -2.08. The summed E-state index contributed by atoms with van der Waals surface area (Å²) in [4.78, 5) is 15.6. The first-order valence-corrected chi connectivity index (χ1v) is 11.4. The summed E-state index contributed by atoms with van der Waals surface area (Å²) in [5.41, 5.74) is 4.00. The fraction of sp³-hybridized carbons (Fsp3) is 0.458. The number of hydrogen-bond donors (Lipinski definition) is 1. The predicted octanol–water partition coefficient (Wildman–Crippen LogP) is 6.34. The van der Waals surface area contributed by atoms with Gasteiger partial charge in [0.15, 0.2) is 0 Å². The molecule has 30 heavy (non-hydrogen) atoms. The molecule has 0 saturated heterocycles. The summed E-state index contributed by atoms with van der Waals surface area (Å²) < 4.78 is 27.5. The van der Waals surface area contributed by atoms with E-state index in [0.717, 1.165) is 40.4 Å². The van der Waals surface area contributed by atoms with Crippen molar-refractivity contribution in [2.24, 2.45) is 5.41 Å². The number of fused-ring (bicyclic) bond motifs is 1. The van der Waals surface area contributed by atoms with Crippen molar-refractivity contribution in [1.82, 2.24) is 0 Å². The molecular weight excluding hydrogens is 402 g/mol. The van der Waals surface area contributed by atoms with E-state index < -0.39 is 6.67 Å². The third-order valence-electron chi connectivity index (χ3n) is 5.11. The summed E-state index contributed by atoms with van der Waals surface area (Å²) in [5.74, 6) is 0.509. The molecular formula is C24H30F2N2OS. The van der Waals surface area contributed by atoms with Crippen LogP contribution in [0.25, 0.3) is 0 Å². The topological polar surface area (TPSA) is 32.3 Å². The minimum atomic E-state index is -0.647. The molecule has 0 fully saturated rings. The first-order valence-electron chi connectivity index (χ1n) is 10.4. The van der Waals surface area contributed by atoms with Crippen molar-refractivity contribution < 1.29 is 13.6 Å². The van der Waals surface area contributed by atoms with E-state index in [4.69, 9.17) is 0 Å². The zero-order chi connectivity index (χ0) is 21.9. The molecule has 1 amide bonds. The number of rotatable bonds is 6. The van der Waals surface area contributed by atoms with Crippen molar-refractivity contribution in [2.45, 2.75) is 58.7 Å². The summed E-state index contributed by atoms with van der Waals surface area (Å²) in [6.45, 7) is 8.82. The number of benzene rings is 2. The molecule has 0 aliphatic carbocycles. The van der Waals surface area contributed by atoms with Crippen LogP contribution >= 0.6 is 11.8 Å². The lowest BCUT2D eigenvalue weighted by atomic mass is 9.92.